The summed E-state index contributed by atoms with van der Waals surface area (Å²) in [5.41, 5.74) is 0. The summed E-state index contributed by atoms with van der Waals surface area (Å²) in [4.78, 5) is 2.74. The Morgan fingerprint density at radius 3 is 2.50 bits per heavy atom. The van der Waals surface area contributed by atoms with Gasteiger partial charge in [0, 0.05) is 31.7 Å². The summed E-state index contributed by atoms with van der Waals surface area (Å²) >= 11 is 0. The van der Waals surface area contributed by atoms with Crippen LogP contribution in [-0.2, 0) is 0 Å². The van der Waals surface area contributed by atoms with Gasteiger partial charge in [0.05, 0.1) is 0 Å². The molecule has 1 N–H and O–H groups in total. The van der Waals surface area contributed by atoms with Gasteiger partial charge >= 0.3 is 0 Å². The van der Waals surface area contributed by atoms with E-state index in [1.807, 2.05) is 0 Å². The molecule has 0 aromatic heterocycles. The smallest absolute Gasteiger partial charge is 0.0200 e. The van der Waals surface area contributed by atoms with Gasteiger partial charge in [-0.2, -0.15) is 0 Å². The predicted molar refractivity (Wildman–Crippen MR) is 88.1 cm³/mol. The first kappa shape index (κ1) is 16.3. The van der Waals surface area contributed by atoms with E-state index >= 15 is 0 Å². The van der Waals surface area contributed by atoms with Crippen molar-refractivity contribution >= 4 is 0 Å². The molecule has 2 aliphatic rings. The minimum atomic E-state index is 0.757. The Morgan fingerprint density at radius 2 is 1.85 bits per heavy atom. The van der Waals surface area contributed by atoms with Gasteiger partial charge in [0.15, 0.2) is 0 Å². The lowest BCUT2D eigenvalue weighted by molar-refractivity contribution is 0.117. The molecule has 2 nitrogen and oxygen atoms in total. The Balaban J connectivity index is 1.84. The molecule has 0 amide bonds. The number of likely N-dealkylation sites (tertiary alicyclic amines) is 1. The van der Waals surface area contributed by atoms with Gasteiger partial charge in [-0.1, -0.05) is 46.5 Å². The second-order valence-electron chi connectivity index (χ2n) is 7.70. The Hall–Kier alpha value is -0.0800. The van der Waals surface area contributed by atoms with Crippen LogP contribution < -0.4 is 5.32 Å². The number of piperidine rings is 1. The van der Waals surface area contributed by atoms with Crippen LogP contribution in [0.5, 0.6) is 0 Å². The molecule has 0 aromatic carbocycles. The lowest BCUT2D eigenvalue weighted by Crippen LogP contribution is -2.52. The highest BCUT2D eigenvalue weighted by atomic mass is 15.2. The van der Waals surface area contributed by atoms with Crippen LogP contribution in [0.15, 0.2) is 0 Å². The Morgan fingerprint density at radius 1 is 1.10 bits per heavy atom. The maximum absolute atomic E-state index is 3.99. The number of nitrogens with one attached hydrogen (secondary N) is 1. The van der Waals surface area contributed by atoms with Crippen molar-refractivity contribution in [2.24, 2.45) is 11.8 Å². The molecule has 1 saturated carbocycles. The van der Waals surface area contributed by atoms with E-state index in [-0.39, 0.29) is 0 Å². The van der Waals surface area contributed by atoms with Gasteiger partial charge in [0.25, 0.3) is 0 Å². The molecule has 0 spiro atoms. The van der Waals surface area contributed by atoms with Crippen molar-refractivity contribution in [2.75, 3.05) is 19.6 Å². The Kier molecular flexibility index (Phi) is 6.83. The second-order valence-corrected chi connectivity index (χ2v) is 7.70. The van der Waals surface area contributed by atoms with Gasteiger partial charge in [-0.15, -0.1) is 0 Å². The molecule has 0 radical (unpaired) electrons. The van der Waals surface area contributed by atoms with Crippen molar-refractivity contribution in [2.45, 2.75) is 84.2 Å². The number of unbranched alkanes of at least 4 members (excludes halogenated alkanes) is 1. The maximum atomic E-state index is 3.99. The number of rotatable bonds is 7. The van der Waals surface area contributed by atoms with Crippen LogP contribution in [0.1, 0.15) is 72.1 Å². The molecule has 118 valence electrons. The third-order valence-corrected chi connectivity index (χ3v) is 5.03. The molecular formula is C18H36N2. The minimum Gasteiger partial charge on any atom is -0.310 e. The zero-order chi connectivity index (χ0) is 14.4. The molecule has 2 atom stereocenters. The van der Waals surface area contributed by atoms with Gasteiger partial charge in [-0.25, -0.2) is 0 Å². The summed E-state index contributed by atoms with van der Waals surface area (Å²) in [5.74, 6) is 1.73. The molecular weight excluding hydrogens is 244 g/mol. The van der Waals surface area contributed by atoms with E-state index in [1.54, 1.807) is 0 Å². The van der Waals surface area contributed by atoms with E-state index in [1.165, 1.54) is 71.0 Å². The molecule has 2 rings (SSSR count). The molecule has 2 unspecified atom stereocenters. The fraction of sp³-hybridized carbons (Fsp3) is 1.00. The van der Waals surface area contributed by atoms with E-state index in [9.17, 15) is 0 Å². The average Bonchev–Trinajstić information content (AvgIpc) is 2.88. The zero-order valence-electron chi connectivity index (χ0n) is 14.0. The lowest BCUT2D eigenvalue weighted by Gasteiger charge is -2.40. The Bertz CT molecular complexity index is 258. The van der Waals surface area contributed by atoms with E-state index in [0.717, 1.165) is 23.9 Å². The van der Waals surface area contributed by atoms with Gasteiger partial charge in [0.1, 0.15) is 0 Å². The van der Waals surface area contributed by atoms with Crippen molar-refractivity contribution in [3.8, 4) is 0 Å². The van der Waals surface area contributed by atoms with Crippen LogP contribution in [0.4, 0.5) is 0 Å². The van der Waals surface area contributed by atoms with E-state index < -0.39 is 0 Å². The third-order valence-electron chi connectivity index (χ3n) is 5.03. The summed E-state index contributed by atoms with van der Waals surface area (Å²) in [6.07, 6.45) is 11.3. The SMILES string of the molecule is CCCCC1CC(NC2CCCC2)CN(CC(C)C)C1. The number of hydrogen-bond acceptors (Lipinski definition) is 2. The van der Waals surface area contributed by atoms with E-state index in [2.05, 4.69) is 31.0 Å². The summed E-state index contributed by atoms with van der Waals surface area (Å²) in [6, 6.07) is 1.58. The maximum Gasteiger partial charge on any atom is 0.0200 e. The highest BCUT2D eigenvalue weighted by Gasteiger charge is 2.29. The molecule has 20 heavy (non-hydrogen) atoms. The summed E-state index contributed by atoms with van der Waals surface area (Å²) in [6.45, 7) is 11.0. The van der Waals surface area contributed by atoms with E-state index in [4.69, 9.17) is 0 Å². The average molecular weight is 280 g/mol. The fourth-order valence-corrected chi connectivity index (χ4v) is 4.22. The fourth-order valence-electron chi connectivity index (χ4n) is 4.22. The van der Waals surface area contributed by atoms with Crippen LogP contribution in [0.2, 0.25) is 0 Å². The second kappa shape index (κ2) is 8.38. The van der Waals surface area contributed by atoms with Crippen LogP contribution in [-0.4, -0.2) is 36.6 Å². The van der Waals surface area contributed by atoms with Crippen molar-refractivity contribution in [1.82, 2.24) is 10.2 Å². The normalized spacial score (nSPS) is 29.4. The molecule has 1 saturated heterocycles. The highest BCUT2D eigenvalue weighted by molar-refractivity contribution is 4.87. The van der Waals surface area contributed by atoms with Crippen LogP contribution >= 0.6 is 0 Å². The molecule has 1 heterocycles. The first-order valence-electron chi connectivity index (χ1n) is 9.15. The van der Waals surface area contributed by atoms with Crippen molar-refractivity contribution in [1.29, 1.82) is 0 Å². The molecule has 1 aliphatic carbocycles. The van der Waals surface area contributed by atoms with Gasteiger partial charge in [-0.3, -0.25) is 0 Å². The van der Waals surface area contributed by atoms with Gasteiger partial charge in [0.2, 0.25) is 0 Å². The predicted octanol–water partition coefficient (Wildman–Crippen LogP) is 4.06. The van der Waals surface area contributed by atoms with Gasteiger partial charge < -0.3 is 10.2 Å². The topological polar surface area (TPSA) is 15.3 Å². The first-order valence-corrected chi connectivity index (χ1v) is 9.15. The largest absolute Gasteiger partial charge is 0.310 e. The van der Waals surface area contributed by atoms with Crippen LogP contribution in [0.3, 0.4) is 0 Å². The zero-order valence-corrected chi connectivity index (χ0v) is 14.0. The summed E-state index contributed by atoms with van der Waals surface area (Å²) in [7, 11) is 0. The molecule has 2 heteroatoms. The lowest BCUT2D eigenvalue weighted by atomic mass is 9.89. The van der Waals surface area contributed by atoms with Crippen molar-refractivity contribution < 1.29 is 0 Å². The quantitative estimate of drug-likeness (QED) is 0.756. The summed E-state index contributed by atoms with van der Waals surface area (Å²) < 4.78 is 0. The van der Waals surface area contributed by atoms with Crippen LogP contribution in [0, 0.1) is 11.8 Å². The first-order chi connectivity index (χ1) is 9.67. The monoisotopic (exact) mass is 280 g/mol. The molecule has 1 aliphatic heterocycles. The highest BCUT2D eigenvalue weighted by Crippen LogP contribution is 2.25. The van der Waals surface area contributed by atoms with Crippen LogP contribution in [0.25, 0.3) is 0 Å². The summed E-state index contributed by atoms with van der Waals surface area (Å²) in [5, 5.41) is 3.99. The standard InChI is InChI=1S/C18H36N2/c1-4-5-8-16-11-18(19-17-9-6-7-10-17)14-20(13-16)12-15(2)3/h15-19H,4-14H2,1-3H3. The molecule has 0 bridgehead atoms. The third kappa shape index (κ3) is 5.37. The Labute approximate surface area is 126 Å². The van der Waals surface area contributed by atoms with Gasteiger partial charge in [-0.05, 0) is 37.5 Å². The van der Waals surface area contributed by atoms with Crippen molar-refractivity contribution in [3.05, 3.63) is 0 Å². The number of hydrogen-bond donors (Lipinski definition) is 1. The van der Waals surface area contributed by atoms with Crippen molar-refractivity contribution in [3.63, 3.8) is 0 Å². The minimum absolute atomic E-state index is 0.757. The molecule has 2 fully saturated rings. The van der Waals surface area contributed by atoms with E-state index in [0.29, 0.717) is 0 Å². The molecule has 0 aromatic rings. The number of nitrogens with zero attached hydrogens (tertiary/aromatic N) is 1.